The van der Waals surface area contributed by atoms with Gasteiger partial charge in [-0.3, -0.25) is 0 Å². The quantitative estimate of drug-likeness (QED) is 0.837. The van der Waals surface area contributed by atoms with Crippen molar-refractivity contribution in [3.05, 3.63) is 77.4 Å². The van der Waals surface area contributed by atoms with E-state index < -0.39 is 33.5 Å². The van der Waals surface area contributed by atoms with E-state index in [1.54, 1.807) is 54.6 Å². The molecule has 0 saturated carbocycles. The summed E-state index contributed by atoms with van der Waals surface area (Å²) in [4.78, 5) is 12.2. The van der Waals surface area contributed by atoms with Crippen molar-refractivity contribution in [1.29, 1.82) is 0 Å². The van der Waals surface area contributed by atoms with Gasteiger partial charge in [0.2, 0.25) is 10.0 Å². The molecule has 1 aliphatic heterocycles. The zero-order chi connectivity index (χ0) is 20.7. The number of benzene rings is 2. The van der Waals surface area contributed by atoms with E-state index in [-0.39, 0.29) is 10.5 Å². The highest BCUT2D eigenvalue weighted by Crippen LogP contribution is 2.45. The van der Waals surface area contributed by atoms with Gasteiger partial charge in [0.15, 0.2) is 0 Å². The highest BCUT2D eigenvalue weighted by atomic mass is 32.2. The van der Waals surface area contributed by atoms with Crippen LogP contribution in [0.5, 0.6) is 0 Å². The van der Waals surface area contributed by atoms with E-state index in [0.29, 0.717) is 5.56 Å². The Morgan fingerprint density at radius 1 is 1.00 bits per heavy atom. The Morgan fingerprint density at radius 3 is 2.07 bits per heavy atom. The molecule has 2 atom stereocenters. The molecule has 1 heterocycles. The van der Waals surface area contributed by atoms with Crippen LogP contribution in [0.2, 0.25) is 0 Å². The van der Waals surface area contributed by atoms with Gasteiger partial charge in [-0.25, -0.2) is 13.2 Å². The fourth-order valence-electron chi connectivity index (χ4n) is 3.53. The number of carbonyl (C=O) groups is 1. The number of carboxylic acids is 1. The highest BCUT2D eigenvalue weighted by molar-refractivity contribution is 7.89. The van der Waals surface area contributed by atoms with Crippen molar-refractivity contribution < 1.29 is 18.3 Å². The van der Waals surface area contributed by atoms with Gasteiger partial charge in [-0.15, -0.1) is 0 Å². The lowest BCUT2D eigenvalue weighted by atomic mass is 9.87. The molecule has 0 amide bonds. The second-order valence-corrected chi connectivity index (χ2v) is 10.0. The third kappa shape index (κ3) is 3.62. The fraction of sp³-hybridized carbons (Fsp3) is 0.318. The van der Waals surface area contributed by atoms with Crippen LogP contribution >= 0.6 is 0 Å². The third-order valence-corrected chi connectivity index (χ3v) is 6.87. The van der Waals surface area contributed by atoms with E-state index >= 15 is 0 Å². The van der Waals surface area contributed by atoms with E-state index in [4.69, 9.17) is 0 Å². The Labute approximate surface area is 166 Å². The van der Waals surface area contributed by atoms with Crippen LogP contribution in [0.15, 0.2) is 71.1 Å². The maximum absolute atomic E-state index is 13.7. The maximum Gasteiger partial charge on any atom is 0.333 e. The highest BCUT2D eigenvalue weighted by Gasteiger charge is 2.49. The molecule has 0 spiro atoms. The van der Waals surface area contributed by atoms with E-state index in [1.165, 1.54) is 4.31 Å². The first kappa shape index (κ1) is 20.3. The Morgan fingerprint density at radius 2 is 1.57 bits per heavy atom. The van der Waals surface area contributed by atoms with Crippen molar-refractivity contribution in [1.82, 2.24) is 4.31 Å². The van der Waals surface area contributed by atoms with Crippen molar-refractivity contribution >= 4 is 16.0 Å². The van der Waals surface area contributed by atoms with Gasteiger partial charge in [-0.2, -0.15) is 4.31 Å². The molecule has 0 aliphatic carbocycles. The molecule has 3 rings (SSSR count). The summed E-state index contributed by atoms with van der Waals surface area (Å²) in [6.07, 6.45) is 1.59. The lowest BCUT2D eigenvalue weighted by Crippen LogP contribution is -2.45. The van der Waals surface area contributed by atoms with Crippen molar-refractivity contribution in [2.75, 3.05) is 0 Å². The van der Waals surface area contributed by atoms with E-state index in [9.17, 15) is 18.3 Å². The van der Waals surface area contributed by atoms with Crippen LogP contribution in [-0.4, -0.2) is 29.8 Å². The molecule has 28 heavy (non-hydrogen) atoms. The van der Waals surface area contributed by atoms with E-state index in [0.717, 1.165) is 5.56 Å². The van der Waals surface area contributed by atoms with Crippen LogP contribution in [0.4, 0.5) is 0 Å². The number of nitrogens with zero attached hydrogens (tertiary/aromatic N) is 1. The lowest BCUT2D eigenvalue weighted by molar-refractivity contribution is -0.133. The topological polar surface area (TPSA) is 74.7 Å². The third-order valence-electron chi connectivity index (χ3n) is 5.01. The minimum Gasteiger partial charge on any atom is -0.478 e. The van der Waals surface area contributed by atoms with Crippen molar-refractivity contribution in [3.63, 3.8) is 0 Å². The SMILES string of the molecule is Cc1ccc(S(=O)(=O)N2[C@@H](c3ccccc3)C(C(=O)O)=C[C@H]2C(C)(C)C)cc1. The van der Waals surface area contributed by atoms with Crippen LogP contribution in [0.25, 0.3) is 0 Å². The zero-order valence-electron chi connectivity index (χ0n) is 16.5. The average Bonchev–Trinajstić information content (AvgIpc) is 3.05. The molecule has 0 bridgehead atoms. The second-order valence-electron chi connectivity index (χ2n) is 8.20. The summed E-state index contributed by atoms with van der Waals surface area (Å²) in [5.41, 5.74) is 1.19. The van der Waals surface area contributed by atoms with E-state index in [1.807, 2.05) is 33.8 Å². The molecule has 0 saturated heterocycles. The first-order chi connectivity index (χ1) is 13.0. The molecular weight excluding hydrogens is 374 g/mol. The van der Waals surface area contributed by atoms with Gasteiger partial charge in [0.05, 0.1) is 16.5 Å². The van der Waals surface area contributed by atoms with Crippen LogP contribution in [0.1, 0.15) is 37.9 Å². The summed E-state index contributed by atoms with van der Waals surface area (Å²) < 4.78 is 28.7. The minimum atomic E-state index is -3.93. The molecule has 5 nitrogen and oxygen atoms in total. The predicted molar refractivity (Wildman–Crippen MR) is 108 cm³/mol. The van der Waals surface area contributed by atoms with E-state index in [2.05, 4.69) is 0 Å². The maximum atomic E-state index is 13.7. The summed E-state index contributed by atoms with van der Waals surface area (Å²) in [6, 6.07) is 14.1. The number of hydrogen-bond acceptors (Lipinski definition) is 3. The monoisotopic (exact) mass is 399 g/mol. The van der Waals surface area contributed by atoms with Gasteiger partial charge in [0, 0.05) is 6.04 Å². The molecule has 2 aromatic carbocycles. The van der Waals surface area contributed by atoms with Crippen LogP contribution in [0, 0.1) is 12.3 Å². The molecule has 0 aromatic heterocycles. The molecule has 0 fully saturated rings. The van der Waals surface area contributed by atoms with Gasteiger partial charge >= 0.3 is 5.97 Å². The smallest absolute Gasteiger partial charge is 0.333 e. The Balaban J connectivity index is 2.23. The van der Waals surface area contributed by atoms with Crippen LogP contribution in [0.3, 0.4) is 0 Å². The number of rotatable bonds is 4. The van der Waals surface area contributed by atoms with Crippen LogP contribution < -0.4 is 0 Å². The predicted octanol–water partition coefficient (Wildman–Crippen LogP) is 4.17. The summed E-state index contributed by atoms with van der Waals surface area (Å²) in [5, 5.41) is 9.83. The molecule has 0 unspecified atom stereocenters. The number of carboxylic acid groups (broad SMARTS) is 1. The number of aryl methyl sites for hydroxylation is 1. The van der Waals surface area contributed by atoms with Gasteiger partial charge in [-0.05, 0) is 30.0 Å². The molecular formula is C22H25NO4S. The molecule has 6 heteroatoms. The second kappa shape index (κ2) is 7.18. The summed E-state index contributed by atoms with van der Waals surface area (Å²) >= 11 is 0. The minimum absolute atomic E-state index is 0.0850. The first-order valence-electron chi connectivity index (χ1n) is 9.13. The average molecular weight is 400 g/mol. The first-order valence-corrected chi connectivity index (χ1v) is 10.6. The molecule has 1 N–H and O–H groups in total. The standard InChI is InChI=1S/C22H25NO4S/c1-15-10-12-17(13-11-15)28(26,27)23-19(22(2,3)4)14-18(21(24)25)20(23)16-8-6-5-7-9-16/h5-14,19-20H,1-4H3,(H,24,25)/t19-,20-/m0/s1. The normalized spacial score (nSPS) is 20.8. The largest absolute Gasteiger partial charge is 0.478 e. The fourth-order valence-corrected chi connectivity index (χ4v) is 5.45. The number of sulfonamides is 1. The Hall–Kier alpha value is -2.44. The molecule has 2 aromatic rings. The van der Waals surface area contributed by atoms with Crippen LogP contribution in [-0.2, 0) is 14.8 Å². The van der Waals surface area contributed by atoms with Gasteiger partial charge < -0.3 is 5.11 Å². The number of hydrogen-bond donors (Lipinski definition) is 1. The summed E-state index contributed by atoms with van der Waals surface area (Å²) in [5.74, 6) is -1.11. The summed E-state index contributed by atoms with van der Waals surface area (Å²) in [7, 11) is -3.93. The van der Waals surface area contributed by atoms with Gasteiger partial charge in [0.1, 0.15) is 0 Å². The van der Waals surface area contributed by atoms with Gasteiger partial charge in [-0.1, -0.05) is 74.9 Å². The molecule has 148 valence electrons. The van der Waals surface area contributed by atoms with Gasteiger partial charge in [0.25, 0.3) is 0 Å². The van der Waals surface area contributed by atoms with Crippen molar-refractivity contribution in [2.24, 2.45) is 5.41 Å². The van der Waals surface area contributed by atoms with Crippen molar-refractivity contribution in [2.45, 2.75) is 44.7 Å². The summed E-state index contributed by atoms with van der Waals surface area (Å²) in [6.45, 7) is 7.64. The number of aliphatic carboxylic acids is 1. The zero-order valence-corrected chi connectivity index (χ0v) is 17.3. The molecule has 0 radical (unpaired) electrons. The Kier molecular flexibility index (Phi) is 5.21. The Bertz CT molecular complexity index is 1000. The lowest BCUT2D eigenvalue weighted by Gasteiger charge is -2.37. The molecule has 1 aliphatic rings. The van der Waals surface area contributed by atoms with Crippen molar-refractivity contribution in [3.8, 4) is 0 Å².